The highest BCUT2D eigenvalue weighted by atomic mass is 32.2. The van der Waals surface area contributed by atoms with E-state index in [1.165, 1.54) is 17.8 Å². The summed E-state index contributed by atoms with van der Waals surface area (Å²) in [6.07, 6.45) is 5.30. The van der Waals surface area contributed by atoms with E-state index >= 15 is 0 Å². The second-order valence-corrected chi connectivity index (χ2v) is 8.99. The van der Waals surface area contributed by atoms with Crippen LogP contribution in [0.2, 0.25) is 0 Å². The van der Waals surface area contributed by atoms with Crippen molar-refractivity contribution in [3.05, 3.63) is 76.5 Å². The molecule has 0 aliphatic heterocycles. The quantitative estimate of drug-likeness (QED) is 0.154. The molecule has 9 heteroatoms. The third-order valence-corrected chi connectivity index (χ3v) is 6.94. The van der Waals surface area contributed by atoms with Gasteiger partial charge in [0.25, 0.3) is 5.69 Å². The van der Waals surface area contributed by atoms with Crippen molar-refractivity contribution >= 4 is 62.7 Å². The van der Waals surface area contributed by atoms with Crippen LogP contribution in [0.1, 0.15) is 5.56 Å². The lowest BCUT2D eigenvalue weighted by atomic mass is 10.2. The number of aromatic nitrogens is 2. The van der Waals surface area contributed by atoms with Crippen LogP contribution >= 0.6 is 34.9 Å². The minimum atomic E-state index is -0.379. The molecule has 0 unspecified atom stereocenters. The second-order valence-electron chi connectivity index (χ2n) is 5.85. The Morgan fingerprint density at radius 1 is 1.17 bits per heavy atom. The van der Waals surface area contributed by atoms with Gasteiger partial charge in [-0.25, -0.2) is 9.97 Å². The van der Waals surface area contributed by atoms with Crippen molar-refractivity contribution in [3.63, 3.8) is 0 Å². The number of nitro benzene ring substituents is 1. The topological polar surface area (TPSA) is 81.3 Å². The summed E-state index contributed by atoms with van der Waals surface area (Å²) in [6, 6.07) is 16.4. The molecule has 0 spiro atoms. The molecule has 0 saturated carbocycles. The molecule has 29 heavy (non-hydrogen) atoms. The fourth-order valence-corrected chi connectivity index (χ4v) is 4.95. The van der Waals surface area contributed by atoms with Crippen LogP contribution in [-0.2, 0) is 0 Å². The highest BCUT2D eigenvalue weighted by Gasteiger charge is 2.16. The van der Waals surface area contributed by atoms with Gasteiger partial charge in [0.1, 0.15) is 5.03 Å². The minimum Gasteiger partial charge on any atom is -0.258 e. The van der Waals surface area contributed by atoms with Gasteiger partial charge in [-0.05, 0) is 48.2 Å². The Hall–Kier alpha value is -2.75. The fourth-order valence-electron chi connectivity index (χ4n) is 2.57. The molecule has 0 bridgehead atoms. The molecule has 0 radical (unpaired) electrons. The van der Waals surface area contributed by atoms with Gasteiger partial charge >= 0.3 is 0 Å². The number of nitrogens with zero attached hydrogens (tertiary/aromatic N) is 4. The highest BCUT2D eigenvalue weighted by molar-refractivity contribution is 8.00. The van der Waals surface area contributed by atoms with Crippen LogP contribution in [0.3, 0.4) is 0 Å². The number of aliphatic imine (C=N–C) groups is 1. The molecule has 144 valence electrons. The van der Waals surface area contributed by atoms with Gasteiger partial charge in [-0.2, -0.15) is 0 Å². The fraction of sp³-hybridized carbons (Fsp3) is 0.0500. The summed E-state index contributed by atoms with van der Waals surface area (Å²) < 4.78 is 2.08. The van der Waals surface area contributed by atoms with E-state index in [9.17, 15) is 10.1 Å². The third-order valence-electron chi connectivity index (χ3n) is 3.92. The van der Waals surface area contributed by atoms with Crippen LogP contribution in [-0.4, -0.2) is 27.4 Å². The first-order valence-electron chi connectivity index (χ1n) is 8.48. The summed E-state index contributed by atoms with van der Waals surface area (Å²) >= 11 is 4.50. The molecule has 0 fully saturated rings. The Kier molecular flexibility index (Phi) is 5.89. The first kappa shape index (κ1) is 19.6. The monoisotopic (exact) mass is 438 g/mol. The van der Waals surface area contributed by atoms with E-state index in [4.69, 9.17) is 0 Å². The summed E-state index contributed by atoms with van der Waals surface area (Å²) in [5.41, 5.74) is 2.43. The van der Waals surface area contributed by atoms with Crippen molar-refractivity contribution < 1.29 is 4.92 Å². The molecule has 0 amide bonds. The average Bonchev–Trinajstić information content (AvgIpc) is 3.16. The number of pyridine rings is 1. The molecule has 2 aromatic carbocycles. The average molecular weight is 439 g/mol. The molecule has 0 saturated heterocycles. The summed E-state index contributed by atoms with van der Waals surface area (Å²) in [7, 11) is 0. The number of fused-ring (bicyclic) bond motifs is 1. The van der Waals surface area contributed by atoms with Crippen LogP contribution in [0.4, 0.5) is 11.4 Å². The smallest absolute Gasteiger partial charge is 0.258 e. The summed E-state index contributed by atoms with van der Waals surface area (Å²) in [5.74, 6) is 0. The zero-order chi connectivity index (χ0) is 20.2. The lowest BCUT2D eigenvalue weighted by Crippen LogP contribution is -1.93. The largest absolute Gasteiger partial charge is 0.283 e. The molecule has 0 N–H and O–H groups in total. The van der Waals surface area contributed by atoms with E-state index in [1.807, 2.05) is 48.7 Å². The van der Waals surface area contributed by atoms with Gasteiger partial charge in [0.15, 0.2) is 4.34 Å². The first-order chi connectivity index (χ1) is 14.1. The van der Waals surface area contributed by atoms with E-state index in [1.54, 1.807) is 41.6 Å². The maximum atomic E-state index is 11.5. The SMILES string of the molecule is CSc1nc2ccc(N=Cc3ccc(Sc4ccccn4)c([N+](=O)[O-])c3)cc2s1. The van der Waals surface area contributed by atoms with Crippen LogP contribution < -0.4 is 0 Å². The summed E-state index contributed by atoms with van der Waals surface area (Å²) in [4.78, 5) is 24.9. The highest BCUT2D eigenvalue weighted by Crippen LogP contribution is 2.34. The van der Waals surface area contributed by atoms with Crippen molar-refractivity contribution in [2.24, 2.45) is 4.99 Å². The standard InChI is InChI=1S/C20H14N4O2S3/c1-27-20-23-15-7-6-14(11-18(15)29-20)22-12-13-5-8-17(16(10-13)24(25)26)28-19-4-2-3-9-21-19/h2-12H,1H3. The molecular formula is C20H14N4O2S3. The van der Waals surface area contributed by atoms with Gasteiger partial charge < -0.3 is 0 Å². The normalized spacial score (nSPS) is 11.3. The van der Waals surface area contributed by atoms with Crippen LogP contribution in [0.25, 0.3) is 10.2 Å². The van der Waals surface area contributed by atoms with Crippen molar-refractivity contribution in [1.82, 2.24) is 9.97 Å². The predicted octanol–water partition coefficient (Wildman–Crippen LogP) is 6.22. The maximum Gasteiger partial charge on any atom is 0.283 e. The number of hydrogen-bond acceptors (Lipinski definition) is 8. The Labute approximate surface area is 179 Å². The third kappa shape index (κ3) is 4.64. The predicted molar refractivity (Wildman–Crippen MR) is 120 cm³/mol. The number of benzene rings is 2. The van der Waals surface area contributed by atoms with E-state index in [0.29, 0.717) is 15.5 Å². The molecule has 2 aromatic heterocycles. The zero-order valence-corrected chi connectivity index (χ0v) is 17.6. The van der Waals surface area contributed by atoms with Crippen molar-refractivity contribution in [2.75, 3.05) is 6.26 Å². The molecule has 4 rings (SSSR count). The van der Waals surface area contributed by atoms with Crippen molar-refractivity contribution in [3.8, 4) is 0 Å². The van der Waals surface area contributed by atoms with Gasteiger partial charge in [0, 0.05) is 18.5 Å². The van der Waals surface area contributed by atoms with Crippen molar-refractivity contribution in [2.45, 2.75) is 14.3 Å². The van der Waals surface area contributed by atoms with Gasteiger partial charge in [-0.1, -0.05) is 35.7 Å². The Morgan fingerprint density at radius 2 is 2.07 bits per heavy atom. The molecule has 0 aliphatic carbocycles. The number of thioether (sulfide) groups is 1. The van der Waals surface area contributed by atoms with E-state index in [2.05, 4.69) is 15.0 Å². The Morgan fingerprint density at radius 3 is 2.83 bits per heavy atom. The van der Waals surface area contributed by atoms with Crippen molar-refractivity contribution in [1.29, 1.82) is 0 Å². The van der Waals surface area contributed by atoms with Crippen LogP contribution in [0.5, 0.6) is 0 Å². The van der Waals surface area contributed by atoms with Gasteiger partial charge in [-0.15, -0.1) is 11.3 Å². The van der Waals surface area contributed by atoms with Gasteiger partial charge in [-0.3, -0.25) is 15.1 Å². The molecular weight excluding hydrogens is 424 g/mol. The number of rotatable bonds is 6. The minimum absolute atomic E-state index is 0.0344. The number of nitro groups is 1. The van der Waals surface area contributed by atoms with Crippen LogP contribution in [0, 0.1) is 10.1 Å². The van der Waals surface area contributed by atoms with Gasteiger partial charge in [0.2, 0.25) is 0 Å². The molecule has 0 atom stereocenters. The molecule has 0 aliphatic rings. The molecule has 4 aromatic rings. The first-order valence-corrected chi connectivity index (χ1v) is 11.3. The number of thiazole rings is 1. The van der Waals surface area contributed by atoms with E-state index < -0.39 is 0 Å². The lowest BCUT2D eigenvalue weighted by molar-refractivity contribution is -0.387. The van der Waals surface area contributed by atoms with E-state index in [0.717, 1.165) is 20.2 Å². The Balaban J connectivity index is 1.60. The zero-order valence-electron chi connectivity index (χ0n) is 15.2. The second kappa shape index (κ2) is 8.73. The molecule has 6 nitrogen and oxygen atoms in total. The lowest BCUT2D eigenvalue weighted by Gasteiger charge is -2.03. The maximum absolute atomic E-state index is 11.5. The summed E-state index contributed by atoms with van der Waals surface area (Å²) in [5, 5.41) is 12.2. The van der Waals surface area contributed by atoms with E-state index in [-0.39, 0.29) is 10.6 Å². The Bertz CT molecular complexity index is 1210. The summed E-state index contributed by atoms with van der Waals surface area (Å²) in [6.45, 7) is 0. The van der Waals surface area contributed by atoms with Gasteiger partial charge in [0.05, 0.1) is 25.7 Å². The molecule has 2 heterocycles. The van der Waals surface area contributed by atoms with Crippen LogP contribution in [0.15, 0.2) is 80.0 Å². The number of hydrogen-bond donors (Lipinski definition) is 0.